The van der Waals surface area contributed by atoms with Crippen LogP contribution in [0.5, 0.6) is 5.75 Å². The lowest BCUT2D eigenvalue weighted by atomic mass is 10.2. The second kappa shape index (κ2) is 8.89. The third kappa shape index (κ3) is 5.84. The summed E-state index contributed by atoms with van der Waals surface area (Å²) >= 11 is 9.32. The maximum absolute atomic E-state index is 12.7. The number of rotatable bonds is 7. The number of amides is 1. The monoisotopic (exact) mass is 399 g/mol. The molecule has 0 bridgehead atoms. The molecule has 0 heterocycles. The van der Waals surface area contributed by atoms with E-state index in [0.29, 0.717) is 29.5 Å². The number of carbonyl (C=O) groups is 1. The van der Waals surface area contributed by atoms with Crippen molar-refractivity contribution in [3.05, 3.63) is 63.3 Å². The summed E-state index contributed by atoms with van der Waals surface area (Å²) in [6.07, 6.45) is 1.56. The summed E-state index contributed by atoms with van der Waals surface area (Å²) in [5, 5.41) is 3.25. The van der Waals surface area contributed by atoms with E-state index in [9.17, 15) is 9.18 Å². The molecule has 0 spiro atoms. The molecule has 23 heavy (non-hydrogen) atoms. The maximum atomic E-state index is 12.7. The van der Waals surface area contributed by atoms with Crippen LogP contribution in [0, 0.1) is 5.82 Å². The quantitative estimate of drug-likeness (QED) is 0.676. The Balaban J connectivity index is 1.66. The summed E-state index contributed by atoms with van der Waals surface area (Å²) in [6.45, 7) is 1.05. The molecule has 2 aromatic carbocycles. The number of hydrogen-bond donors (Lipinski definition) is 1. The summed E-state index contributed by atoms with van der Waals surface area (Å²) in [4.78, 5) is 12.0. The van der Waals surface area contributed by atoms with Gasteiger partial charge in [-0.2, -0.15) is 0 Å². The average molecular weight is 401 g/mol. The van der Waals surface area contributed by atoms with E-state index in [-0.39, 0.29) is 11.7 Å². The highest BCUT2D eigenvalue weighted by Crippen LogP contribution is 2.20. The van der Waals surface area contributed by atoms with E-state index in [1.54, 1.807) is 30.3 Å². The van der Waals surface area contributed by atoms with Crippen molar-refractivity contribution < 1.29 is 13.9 Å². The fourth-order valence-corrected chi connectivity index (χ4v) is 2.48. The number of halogens is 3. The Labute approximate surface area is 147 Å². The van der Waals surface area contributed by atoms with Crippen molar-refractivity contribution in [1.82, 2.24) is 5.32 Å². The zero-order chi connectivity index (χ0) is 16.7. The van der Waals surface area contributed by atoms with Crippen LogP contribution in [0.25, 0.3) is 0 Å². The fourth-order valence-electron chi connectivity index (χ4n) is 1.92. The van der Waals surface area contributed by atoms with E-state index in [4.69, 9.17) is 16.3 Å². The highest BCUT2D eigenvalue weighted by atomic mass is 79.9. The van der Waals surface area contributed by atoms with Gasteiger partial charge >= 0.3 is 0 Å². The highest BCUT2D eigenvalue weighted by Gasteiger charge is 2.10. The van der Waals surface area contributed by atoms with Crippen molar-refractivity contribution in [1.29, 1.82) is 0 Å². The van der Waals surface area contributed by atoms with E-state index in [2.05, 4.69) is 21.2 Å². The Morgan fingerprint density at radius 3 is 2.65 bits per heavy atom. The van der Waals surface area contributed by atoms with Gasteiger partial charge in [0, 0.05) is 11.0 Å². The van der Waals surface area contributed by atoms with Crippen LogP contribution in [0.4, 0.5) is 4.39 Å². The van der Waals surface area contributed by atoms with Crippen LogP contribution in [0.3, 0.4) is 0 Å². The predicted molar refractivity (Wildman–Crippen MR) is 92.6 cm³/mol. The van der Waals surface area contributed by atoms with Crippen LogP contribution in [0.1, 0.15) is 23.2 Å². The van der Waals surface area contributed by atoms with Crippen molar-refractivity contribution in [3.8, 4) is 5.75 Å². The first-order chi connectivity index (χ1) is 11.1. The molecule has 2 aromatic rings. The van der Waals surface area contributed by atoms with Gasteiger partial charge in [0.05, 0.1) is 17.2 Å². The van der Waals surface area contributed by atoms with Gasteiger partial charge < -0.3 is 10.1 Å². The van der Waals surface area contributed by atoms with Crippen LogP contribution < -0.4 is 10.1 Å². The number of hydrogen-bond acceptors (Lipinski definition) is 2. The van der Waals surface area contributed by atoms with Gasteiger partial charge in [-0.25, -0.2) is 4.39 Å². The summed E-state index contributed by atoms with van der Waals surface area (Å²) in [7, 11) is 0. The van der Waals surface area contributed by atoms with Gasteiger partial charge in [0.1, 0.15) is 11.6 Å². The zero-order valence-corrected chi connectivity index (χ0v) is 14.7. The topological polar surface area (TPSA) is 38.3 Å². The molecule has 0 aliphatic heterocycles. The molecule has 0 aliphatic rings. The molecule has 1 amide bonds. The van der Waals surface area contributed by atoms with Crippen molar-refractivity contribution in [2.24, 2.45) is 0 Å². The van der Waals surface area contributed by atoms with Crippen LogP contribution in [0.2, 0.25) is 5.02 Å². The van der Waals surface area contributed by atoms with Gasteiger partial charge in [-0.15, -0.1) is 0 Å². The Kier molecular flexibility index (Phi) is 6.86. The first-order valence-corrected chi connectivity index (χ1v) is 8.35. The SMILES string of the molecule is O=C(NCCCCOc1ccc(F)cc1)c1cc(Br)ccc1Cl. The molecule has 3 nitrogen and oxygen atoms in total. The predicted octanol–water partition coefficient (Wildman–Crippen LogP) is 4.83. The second-order valence-electron chi connectivity index (χ2n) is 4.89. The smallest absolute Gasteiger partial charge is 0.252 e. The molecule has 122 valence electrons. The molecule has 0 atom stereocenters. The standard InChI is InChI=1S/C17H16BrClFNO2/c18-12-3-8-16(19)15(11-12)17(22)21-9-1-2-10-23-14-6-4-13(20)5-7-14/h3-8,11H,1-2,9-10H2,(H,21,22). The van der Waals surface area contributed by atoms with Gasteiger partial charge in [-0.05, 0) is 55.3 Å². The largest absolute Gasteiger partial charge is 0.494 e. The summed E-state index contributed by atoms with van der Waals surface area (Å²) in [5.41, 5.74) is 0.448. The minimum absolute atomic E-state index is 0.198. The third-order valence-electron chi connectivity index (χ3n) is 3.11. The van der Waals surface area contributed by atoms with E-state index in [0.717, 1.165) is 17.3 Å². The molecule has 2 rings (SSSR count). The Bertz CT molecular complexity index is 664. The average Bonchev–Trinajstić information content (AvgIpc) is 2.54. The van der Waals surface area contributed by atoms with Gasteiger partial charge in [-0.3, -0.25) is 4.79 Å². The molecule has 1 N–H and O–H groups in total. The number of nitrogens with one attached hydrogen (secondary N) is 1. The van der Waals surface area contributed by atoms with Gasteiger partial charge in [-0.1, -0.05) is 27.5 Å². The Hall–Kier alpha value is -1.59. The lowest BCUT2D eigenvalue weighted by Gasteiger charge is -2.08. The summed E-state index contributed by atoms with van der Waals surface area (Å²) in [5.74, 6) is 0.151. The van der Waals surface area contributed by atoms with Gasteiger partial charge in [0.25, 0.3) is 5.91 Å². The van der Waals surface area contributed by atoms with Gasteiger partial charge in [0.15, 0.2) is 0 Å². The van der Waals surface area contributed by atoms with Crippen molar-refractivity contribution >= 4 is 33.4 Å². The fraction of sp³-hybridized carbons (Fsp3) is 0.235. The number of carbonyl (C=O) groups excluding carboxylic acids is 1. The van der Waals surface area contributed by atoms with E-state index >= 15 is 0 Å². The van der Waals surface area contributed by atoms with Crippen LogP contribution in [-0.4, -0.2) is 19.1 Å². The van der Waals surface area contributed by atoms with Crippen molar-refractivity contribution in [2.75, 3.05) is 13.2 Å². The molecular weight excluding hydrogens is 385 g/mol. The third-order valence-corrected chi connectivity index (χ3v) is 3.93. The lowest BCUT2D eigenvalue weighted by Crippen LogP contribution is -2.25. The first-order valence-electron chi connectivity index (χ1n) is 7.18. The van der Waals surface area contributed by atoms with Gasteiger partial charge in [0.2, 0.25) is 0 Å². The molecule has 0 aliphatic carbocycles. The van der Waals surface area contributed by atoms with Crippen molar-refractivity contribution in [3.63, 3.8) is 0 Å². The minimum atomic E-state index is -0.286. The van der Waals surface area contributed by atoms with E-state index in [1.165, 1.54) is 12.1 Å². The molecule has 0 saturated carbocycles. The highest BCUT2D eigenvalue weighted by molar-refractivity contribution is 9.10. The molecule has 0 saturated heterocycles. The number of benzene rings is 2. The zero-order valence-electron chi connectivity index (χ0n) is 12.3. The maximum Gasteiger partial charge on any atom is 0.252 e. The minimum Gasteiger partial charge on any atom is -0.494 e. The molecule has 0 radical (unpaired) electrons. The second-order valence-corrected chi connectivity index (χ2v) is 6.21. The Morgan fingerprint density at radius 1 is 1.17 bits per heavy atom. The van der Waals surface area contributed by atoms with E-state index in [1.807, 2.05) is 0 Å². The molecule has 0 aromatic heterocycles. The molecular formula is C17H16BrClFNO2. The summed E-state index contributed by atoms with van der Waals surface area (Å²) < 4.78 is 19.0. The normalized spacial score (nSPS) is 10.4. The first kappa shape index (κ1) is 17.8. The van der Waals surface area contributed by atoms with E-state index < -0.39 is 0 Å². The number of unbranched alkanes of at least 4 members (excludes halogenated alkanes) is 1. The summed E-state index contributed by atoms with van der Waals surface area (Å²) in [6, 6.07) is 11.0. The lowest BCUT2D eigenvalue weighted by molar-refractivity contribution is 0.0952. The van der Waals surface area contributed by atoms with Crippen LogP contribution in [0.15, 0.2) is 46.9 Å². The Morgan fingerprint density at radius 2 is 1.91 bits per heavy atom. The van der Waals surface area contributed by atoms with Crippen LogP contribution >= 0.6 is 27.5 Å². The molecule has 0 fully saturated rings. The van der Waals surface area contributed by atoms with Crippen molar-refractivity contribution in [2.45, 2.75) is 12.8 Å². The number of ether oxygens (including phenoxy) is 1. The van der Waals surface area contributed by atoms with Crippen LogP contribution in [-0.2, 0) is 0 Å². The molecule has 0 unspecified atom stereocenters. The molecule has 6 heteroatoms.